The van der Waals surface area contributed by atoms with Crippen LogP contribution in [0, 0.1) is 5.82 Å². The molecule has 1 saturated heterocycles. The summed E-state index contributed by atoms with van der Waals surface area (Å²) in [6, 6.07) is 6.46. The monoisotopic (exact) mass is 254 g/mol. The summed E-state index contributed by atoms with van der Waals surface area (Å²) in [7, 11) is 0. The highest BCUT2D eigenvalue weighted by Gasteiger charge is 2.46. The fourth-order valence-corrected chi connectivity index (χ4v) is 2.36. The van der Waals surface area contributed by atoms with Crippen molar-refractivity contribution in [2.75, 3.05) is 6.61 Å². The maximum Gasteiger partial charge on any atom is 0.169 e. The van der Waals surface area contributed by atoms with Crippen molar-refractivity contribution in [1.29, 1.82) is 0 Å². The van der Waals surface area contributed by atoms with E-state index in [-0.39, 0.29) is 12.4 Å². The van der Waals surface area contributed by atoms with E-state index in [4.69, 9.17) is 9.47 Å². The molecule has 1 aromatic rings. The molecule has 1 aromatic carbocycles. The Morgan fingerprint density at radius 3 is 2.44 bits per heavy atom. The van der Waals surface area contributed by atoms with Crippen LogP contribution in [0.5, 0.6) is 0 Å². The maximum absolute atomic E-state index is 13.8. The SMILES string of the molecule is CCC1(CC)OC(CO)[C@@H](c2ccccc2F)O1. The molecule has 100 valence electrons. The van der Waals surface area contributed by atoms with Gasteiger partial charge in [0.25, 0.3) is 0 Å². The molecule has 2 rings (SSSR count). The van der Waals surface area contributed by atoms with Crippen LogP contribution in [0.2, 0.25) is 0 Å². The average molecular weight is 254 g/mol. The first-order valence-corrected chi connectivity index (χ1v) is 6.36. The zero-order chi connectivity index (χ0) is 13.2. The second-order valence-corrected chi connectivity index (χ2v) is 4.52. The Hall–Kier alpha value is -0.970. The summed E-state index contributed by atoms with van der Waals surface area (Å²) in [6.07, 6.45) is 0.286. The number of aliphatic hydroxyl groups excluding tert-OH is 1. The van der Waals surface area contributed by atoms with Gasteiger partial charge in [-0.2, -0.15) is 0 Å². The molecule has 2 atom stereocenters. The van der Waals surface area contributed by atoms with Crippen molar-refractivity contribution in [3.8, 4) is 0 Å². The lowest BCUT2D eigenvalue weighted by molar-refractivity contribution is -0.182. The molecule has 1 unspecified atom stereocenters. The van der Waals surface area contributed by atoms with Crippen molar-refractivity contribution >= 4 is 0 Å². The van der Waals surface area contributed by atoms with Gasteiger partial charge >= 0.3 is 0 Å². The van der Waals surface area contributed by atoms with Gasteiger partial charge in [-0.1, -0.05) is 32.0 Å². The summed E-state index contributed by atoms with van der Waals surface area (Å²) in [5.74, 6) is -1.03. The molecule has 1 N–H and O–H groups in total. The van der Waals surface area contributed by atoms with E-state index in [2.05, 4.69) is 0 Å². The third kappa shape index (κ3) is 2.28. The van der Waals surface area contributed by atoms with Gasteiger partial charge in [0.05, 0.1) is 6.61 Å². The molecular formula is C14H19FO3. The van der Waals surface area contributed by atoms with Crippen molar-refractivity contribution in [3.05, 3.63) is 35.6 Å². The molecule has 0 aromatic heterocycles. The highest BCUT2D eigenvalue weighted by molar-refractivity contribution is 5.22. The molecular weight excluding hydrogens is 235 g/mol. The molecule has 1 aliphatic rings. The van der Waals surface area contributed by atoms with Crippen LogP contribution in [0.25, 0.3) is 0 Å². The van der Waals surface area contributed by atoms with Crippen LogP contribution in [-0.2, 0) is 9.47 Å². The number of aliphatic hydroxyl groups is 1. The number of hydrogen-bond acceptors (Lipinski definition) is 3. The minimum Gasteiger partial charge on any atom is -0.394 e. The number of benzene rings is 1. The van der Waals surface area contributed by atoms with Gasteiger partial charge < -0.3 is 14.6 Å². The average Bonchev–Trinajstić information content (AvgIpc) is 2.79. The molecule has 18 heavy (non-hydrogen) atoms. The molecule has 0 saturated carbocycles. The Morgan fingerprint density at radius 2 is 1.89 bits per heavy atom. The standard InChI is InChI=1S/C14H19FO3/c1-3-14(4-2)17-12(9-16)13(18-14)10-7-5-6-8-11(10)15/h5-8,12-13,16H,3-4,9H2,1-2H3/t12?,13-/m1/s1. The van der Waals surface area contributed by atoms with E-state index in [0.29, 0.717) is 18.4 Å². The minimum atomic E-state index is -0.708. The van der Waals surface area contributed by atoms with Crippen LogP contribution in [0.4, 0.5) is 4.39 Å². The Kier molecular flexibility index (Phi) is 4.00. The van der Waals surface area contributed by atoms with E-state index >= 15 is 0 Å². The van der Waals surface area contributed by atoms with E-state index in [1.54, 1.807) is 18.2 Å². The third-order valence-electron chi connectivity index (χ3n) is 3.51. The third-order valence-corrected chi connectivity index (χ3v) is 3.51. The van der Waals surface area contributed by atoms with Gasteiger partial charge in [0, 0.05) is 5.56 Å². The molecule has 1 fully saturated rings. The van der Waals surface area contributed by atoms with Crippen LogP contribution in [0.3, 0.4) is 0 Å². The second-order valence-electron chi connectivity index (χ2n) is 4.52. The van der Waals surface area contributed by atoms with E-state index in [0.717, 1.165) is 0 Å². The summed E-state index contributed by atoms with van der Waals surface area (Å²) in [6.45, 7) is 3.74. The van der Waals surface area contributed by atoms with Crippen LogP contribution in [0.1, 0.15) is 38.4 Å². The Bertz CT molecular complexity index is 404. The summed E-state index contributed by atoms with van der Waals surface area (Å²) in [4.78, 5) is 0. The molecule has 0 bridgehead atoms. The first-order chi connectivity index (χ1) is 8.65. The molecule has 4 heteroatoms. The van der Waals surface area contributed by atoms with Gasteiger partial charge in [-0.15, -0.1) is 0 Å². The van der Waals surface area contributed by atoms with Crippen molar-refractivity contribution < 1.29 is 19.0 Å². The van der Waals surface area contributed by atoms with Crippen LogP contribution in [0.15, 0.2) is 24.3 Å². The van der Waals surface area contributed by atoms with Crippen LogP contribution < -0.4 is 0 Å². The predicted molar refractivity (Wildman–Crippen MR) is 65.5 cm³/mol. The molecule has 1 aliphatic heterocycles. The zero-order valence-electron chi connectivity index (χ0n) is 10.7. The molecule has 1 heterocycles. The highest BCUT2D eigenvalue weighted by atomic mass is 19.1. The van der Waals surface area contributed by atoms with Gasteiger partial charge in [0.2, 0.25) is 0 Å². The molecule has 0 radical (unpaired) electrons. The lowest BCUT2D eigenvalue weighted by Gasteiger charge is -2.25. The van der Waals surface area contributed by atoms with Crippen LogP contribution in [-0.4, -0.2) is 23.6 Å². The van der Waals surface area contributed by atoms with E-state index in [1.807, 2.05) is 13.8 Å². The van der Waals surface area contributed by atoms with E-state index in [1.165, 1.54) is 6.07 Å². The van der Waals surface area contributed by atoms with E-state index < -0.39 is 18.0 Å². The van der Waals surface area contributed by atoms with Crippen LogP contribution >= 0.6 is 0 Å². The van der Waals surface area contributed by atoms with Crippen molar-refractivity contribution in [2.24, 2.45) is 0 Å². The van der Waals surface area contributed by atoms with E-state index in [9.17, 15) is 9.50 Å². The second kappa shape index (κ2) is 5.34. The smallest absolute Gasteiger partial charge is 0.169 e. The highest BCUT2D eigenvalue weighted by Crippen LogP contribution is 2.42. The van der Waals surface area contributed by atoms with Crippen molar-refractivity contribution in [2.45, 2.75) is 44.7 Å². The number of halogens is 1. The van der Waals surface area contributed by atoms with Crippen molar-refractivity contribution in [1.82, 2.24) is 0 Å². The maximum atomic E-state index is 13.8. The fourth-order valence-electron chi connectivity index (χ4n) is 2.36. The largest absolute Gasteiger partial charge is 0.394 e. The number of hydrogen-bond donors (Lipinski definition) is 1. The summed E-state index contributed by atoms with van der Waals surface area (Å²) in [5.41, 5.74) is 0.445. The molecule has 3 nitrogen and oxygen atoms in total. The Morgan fingerprint density at radius 1 is 1.22 bits per heavy atom. The summed E-state index contributed by atoms with van der Waals surface area (Å²) in [5, 5.41) is 9.38. The lowest BCUT2D eigenvalue weighted by Crippen LogP contribution is -2.29. The summed E-state index contributed by atoms with van der Waals surface area (Å²) < 4.78 is 25.5. The minimum absolute atomic E-state index is 0.180. The predicted octanol–water partition coefficient (Wildman–Crippen LogP) is 2.79. The van der Waals surface area contributed by atoms with Gasteiger partial charge in [-0.05, 0) is 18.9 Å². The molecule has 0 amide bonds. The lowest BCUT2D eigenvalue weighted by atomic mass is 10.0. The number of rotatable bonds is 4. The van der Waals surface area contributed by atoms with Gasteiger partial charge in [-0.3, -0.25) is 0 Å². The Labute approximate surface area is 107 Å². The Balaban J connectivity index is 2.30. The van der Waals surface area contributed by atoms with Gasteiger partial charge in [0.1, 0.15) is 18.0 Å². The first kappa shape index (κ1) is 13.5. The quantitative estimate of drug-likeness (QED) is 0.898. The van der Waals surface area contributed by atoms with Crippen molar-refractivity contribution in [3.63, 3.8) is 0 Å². The first-order valence-electron chi connectivity index (χ1n) is 6.36. The fraction of sp³-hybridized carbons (Fsp3) is 0.571. The molecule has 0 spiro atoms. The summed E-state index contributed by atoms with van der Waals surface area (Å²) >= 11 is 0. The zero-order valence-corrected chi connectivity index (χ0v) is 10.7. The van der Waals surface area contributed by atoms with Gasteiger partial charge in [-0.25, -0.2) is 4.39 Å². The topological polar surface area (TPSA) is 38.7 Å². The number of ether oxygens (including phenoxy) is 2. The van der Waals surface area contributed by atoms with Gasteiger partial charge in [0.15, 0.2) is 5.79 Å². The molecule has 0 aliphatic carbocycles. The normalized spacial score (nSPS) is 26.4.